The van der Waals surface area contributed by atoms with Crippen LogP contribution in [0, 0.1) is 5.92 Å². The Hall–Kier alpha value is -2.08. The molecule has 1 amide bonds. The lowest BCUT2D eigenvalue weighted by Crippen LogP contribution is -2.44. The van der Waals surface area contributed by atoms with Gasteiger partial charge in [0.2, 0.25) is 11.9 Å². The Morgan fingerprint density at radius 1 is 1.30 bits per heavy atom. The molecule has 6 heteroatoms. The molecule has 148 valence electrons. The van der Waals surface area contributed by atoms with Crippen LogP contribution in [0.2, 0.25) is 0 Å². The van der Waals surface area contributed by atoms with Crippen molar-refractivity contribution < 1.29 is 4.79 Å². The summed E-state index contributed by atoms with van der Waals surface area (Å²) < 4.78 is 2.14. The molecule has 1 unspecified atom stereocenters. The van der Waals surface area contributed by atoms with E-state index in [1.807, 2.05) is 18.2 Å². The maximum absolute atomic E-state index is 12.6. The number of aromatic nitrogens is 2. The summed E-state index contributed by atoms with van der Waals surface area (Å²) in [6, 6.07) is 8.20. The predicted molar refractivity (Wildman–Crippen MR) is 111 cm³/mol. The van der Waals surface area contributed by atoms with Crippen molar-refractivity contribution in [1.29, 1.82) is 0 Å². The number of hydrogen-bond acceptors (Lipinski definition) is 4. The number of para-hydroxylation sites is 2. The van der Waals surface area contributed by atoms with E-state index in [1.54, 1.807) is 0 Å². The number of imidazole rings is 1. The fourth-order valence-electron chi connectivity index (χ4n) is 3.99. The van der Waals surface area contributed by atoms with E-state index in [0.29, 0.717) is 0 Å². The van der Waals surface area contributed by atoms with E-state index in [-0.39, 0.29) is 11.8 Å². The number of rotatable bonds is 8. The van der Waals surface area contributed by atoms with Gasteiger partial charge in [0, 0.05) is 26.7 Å². The normalized spacial score (nSPS) is 17.6. The highest BCUT2D eigenvalue weighted by molar-refractivity contribution is 5.81. The second-order valence-electron chi connectivity index (χ2n) is 7.42. The van der Waals surface area contributed by atoms with E-state index >= 15 is 0 Å². The zero-order chi connectivity index (χ0) is 19.2. The molecule has 1 fully saturated rings. The first kappa shape index (κ1) is 19.7. The average molecular weight is 372 g/mol. The van der Waals surface area contributed by atoms with Crippen LogP contribution < -0.4 is 10.2 Å². The molecule has 1 aliphatic rings. The van der Waals surface area contributed by atoms with Crippen LogP contribution in [-0.4, -0.2) is 59.6 Å². The van der Waals surface area contributed by atoms with E-state index in [2.05, 4.69) is 46.6 Å². The van der Waals surface area contributed by atoms with E-state index in [9.17, 15) is 4.79 Å². The molecule has 2 aromatic rings. The highest BCUT2D eigenvalue weighted by Crippen LogP contribution is 2.25. The van der Waals surface area contributed by atoms with Crippen LogP contribution in [0.4, 0.5) is 5.95 Å². The third kappa shape index (κ3) is 4.61. The monoisotopic (exact) mass is 371 g/mol. The molecule has 0 spiro atoms. The van der Waals surface area contributed by atoms with Gasteiger partial charge in [-0.2, -0.15) is 0 Å². The fraction of sp³-hybridized carbons (Fsp3) is 0.619. The maximum Gasteiger partial charge on any atom is 0.224 e. The van der Waals surface area contributed by atoms with Crippen molar-refractivity contribution in [2.75, 3.05) is 44.2 Å². The summed E-state index contributed by atoms with van der Waals surface area (Å²) in [5.74, 6) is 1.21. The van der Waals surface area contributed by atoms with E-state index in [4.69, 9.17) is 4.98 Å². The molecule has 0 bridgehead atoms. The number of carbonyl (C=O) groups excluding carboxylic acids is 1. The second-order valence-corrected chi connectivity index (χ2v) is 7.42. The number of anilines is 1. The Balaban J connectivity index is 1.55. The highest BCUT2D eigenvalue weighted by atomic mass is 16.1. The van der Waals surface area contributed by atoms with Gasteiger partial charge in [-0.3, -0.25) is 4.79 Å². The van der Waals surface area contributed by atoms with Crippen molar-refractivity contribution in [3.8, 4) is 0 Å². The minimum atomic E-state index is 0.0482. The van der Waals surface area contributed by atoms with E-state index in [1.165, 1.54) is 0 Å². The number of hydrogen-bond donors (Lipinski definition) is 1. The number of nitrogens with one attached hydrogen (secondary N) is 1. The molecule has 0 radical (unpaired) electrons. The quantitative estimate of drug-likeness (QED) is 0.725. The number of benzene rings is 1. The summed E-state index contributed by atoms with van der Waals surface area (Å²) in [5.41, 5.74) is 2.15. The summed E-state index contributed by atoms with van der Waals surface area (Å²) in [5, 5.41) is 3.15. The van der Waals surface area contributed by atoms with Gasteiger partial charge in [0.15, 0.2) is 0 Å². The zero-order valence-corrected chi connectivity index (χ0v) is 16.9. The van der Waals surface area contributed by atoms with Gasteiger partial charge in [0.05, 0.1) is 17.0 Å². The Kier molecular flexibility index (Phi) is 6.72. The number of amides is 1. The third-order valence-corrected chi connectivity index (χ3v) is 5.68. The van der Waals surface area contributed by atoms with E-state index < -0.39 is 0 Å². The first-order valence-corrected chi connectivity index (χ1v) is 10.3. The van der Waals surface area contributed by atoms with Crippen LogP contribution in [0.25, 0.3) is 11.0 Å². The number of piperidine rings is 1. The largest absolute Gasteiger partial charge is 0.356 e. The van der Waals surface area contributed by atoms with Crippen LogP contribution in [0.15, 0.2) is 24.3 Å². The molecule has 1 aliphatic heterocycles. The van der Waals surface area contributed by atoms with Crippen molar-refractivity contribution in [3.05, 3.63) is 24.3 Å². The summed E-state index contributed by atoms with van der Waals surface area (Å²) in [6.45, 7) is 10.0. The van der Waals surface area contributed by atoms with Crippen LogP contribution >= 0.6 is 0 Å². The predicted octanol–water partition coefficient (Wildman–Crippen LogP) is 2.64. The molecular formula is C21H33N5O. The van der Waals surface area contributed by atoms with Crippen LogP contribution in [0.3, 0.4) is 0 Å². The summed E-state index contributed by atoms with van der Waals surface area (Å²) in [6.07, 6.45) is 3.00. The zero-order valence-electron chi connectivity index (χ0n) is 16.9. The van der Waals surface area contributed by atoms with Gasteiger partial charge in [-0.05, 0) is 51.0 Å². The molecule has 27 heavy (non-hydrogen) atoms. The minimum Gasteiger partial charge on any atom is -0.356 e. The van der Waals surface area contributed by atoms with Gasteiger partial charge >= 0.3 is 0 Å². The SMILES string of the molecule is CCN(CC)CCCNC(=O)C1CCCN(c2nc3ccccc3n2C)C1. The van der Waals surface area contributed by atoms with Crippen molar-refractivity contribution >= 4 is 22.9 Å². The average Bonchev–Trinajstić information content (AvgIpc) is 3.05. The Bertz CT molecular complexity index is 752. The van der Waals surface area contributed by atoms with Gasteiger partial charge in [-0.1, -0.05) is 26.0 Å². The van der Waals surface area contributed by atoms with Crippen LogP contribution in [-0.2, 0) is 11.8 Å². The molecule has 1 saturated heterocycles. The maximum atomic E-state index is 12.6. The molecule has 0 saturated carbocycles. The van der Waals surface area contributed by atoms with Gasteiger partial charge in [0.1, 0.15) is 0 Å². The highest BCUT2D eigenvalue weighted by Gasteiger charge is 2.28. The summed E-state index contributed by atoms with van der Waals surface area (Å²) in [7, 11) is 2.06. The smallest absolute Gasteiger partial charge is 0.224 e. The standard InChI is InChI=1S/C21H33N5O/c1-4-25(5-2)14-9-13-22-20(27)17-10-8-15-26(16-17)21-23-18-11-6-7-12-19(18)24(21)3/h6-7,11-12,17H,4-5,8-10,13-16H2,1-3H3,(H,22,27). The number of aryl methyl sites for hydroxylation is 1. The molecule has 1 N–H and O–H groups in total. The molecule has 1 atom stereocenters. The summed E-state index contributed by atoms with van der Waals surface area (Å²) in [4.78, 5) is 22.1. The molecule has 6 nitrogen and oxygen atoms in total. The Morgan fingerprint density at radius 2 is 2.07 bits per heavy atom. The lowest BCUT2D eigenvalue weighted by molar-refractivity contribution is -0.125. The lowest BCUT2D eigenvalue weighted by atomic mass is 9.97. The summed E-state index contributed by atoms with van der Waals surface area (Å²) >= 11 is 0. The second kappa shape index (κ2) is 9.22. The number of nitrogens with zero attached hydrogens (tertiary/aromatic N) is 4. The third-order valence-electron chi connectivity index (χ3n) is 5.68. The van der Waals surface area contributed by atoms with Crippen molar-refractivity contribution in [3.63, 3.8) is 0 Å². The first-order valence-electron chi connectivity index (χ1n) is 10.3. The molecule has 1 aromatic heterocycles. The Labute approximate surface area is 162 Å². The number of fused-ring (bicyclic) bond motifs is 1. The van der Waals surface area contributed by atoms with Crippen molar-refractivity contribution in [1.82, 2.24) is 19.8 Å². The van der Waals surface area contributed by atoms with E-state index in [0.717, 1.165) is 75.5 Å². The first-order chi connectivity index (χ1) is 13.1. The minimum absolute atomic E-state index is 0.0482. The van der Waals surface area contributed by atoms with Gasteiger partial charge in [-0.15, -0.1) is 0 Å². The van der Waals surface area contributed by atoms with Crippen LogP contribution in [0.5, 0.6) is 0 Å². The van der Waals surface area contributed by atoms with Gasteiger partial charge in [0.25, 0.3) is 0 Å². The molecular weight excluding hydrogens is 338 g/mol. The van der Waals surface area contributed by atoms with Crippen molar-refractivity contribution in [2.24, 2.45) is 13.0 Å². The van der Waals surface area contributed by atoms with Gasteiger partial charge in [-0.25, -0.2) is 4.98 Å². The molecule has 3 rings (SSSR count). The van der Waals surface area contributed by atoms with Crippen LogP contribution in [0.1, 0.15) is 33.1 Å². The molecule has 0 aliphatic carbocycles. The lowest BCUT2D eigenvalue weighted by Gasteiger charge is -2.32. The van der Waals surface area contributed by atoms with Gasteiger partial charge < -0.3 is 19.7 Å². The topological polar surface area (TPSA) is 53.4 Å². The molecule has 1 aromatic carbocycles. The molecule has 2 heterocycles. The van der Waals surface area contributed by atoms with Crippen molar-refractivity contribution in [2.45, 2.75) is 33.1 Å². The fourth-order valence-corrected chi connectivity index (χ4v) is 3.99. The number of carbonyl (C=O) groups is 1. The Morgan fingerprint density at radius 3 is 2.81 bits per heavy atom.